The Hall–Kier alpha value is -1.79. The molecule has 0 amide bonds. The third-order valence-corrected chi connectivity index (χ3v) is 3.16. The Labute approximate surface area is 124 Å². The van der Waals surface area contributed by atoms with Crippen LogP contribution in [0.25, 0.3) is 5.57 Å². The highest BCUT2D eigenvalue weighted by Crippen LogP contribution is 2.29. The standard InChI is InChI=1S/C10H5Br2FN6/c11-6-1-7(12)9(8(13)2-6)15-4-5(3-14)10-16-18-19-17-10/h1-2,4,15H,(H,16,17,18,19). The number of H-pyrrole nitrogens is 1. The molecule has 0 aliphatic rings. The molecule has 1 aromatic carbocycles. The summed E-state index contributed by atoms with van der Waals surface area (Å²) in [6.45, 7) is 0. The Morgan fingerprint density at radius 3 is 2.84 bits per heavy atom. The normalized spacial score (nSPS) is 11.2. The summed E-state index contributed by atoms with van der Waals surface area (Å²) in [5.74, 6) is -0.341. The Morgan fingerprint density at radius 1 is 1.47 bits per heavy atom. The molecule has 96 valence electrons. The van der Waals surface area contributed by atoms with Crippen LogP contribution in [0.3, 0.4) is 0 Å². The molecule has 6 nitrogen and oxygen atoms in total. The van der Waals surface area contributed by atoms with E-state index in [1.165, 1.54) is 12.3 Å². The average Bonchev–Trinajstić information content (AvgIpc) is 2.86. The number of rotatable bonds is 3. The molecule has 0 radical (unpaired) electrons. The van der Waals surface area contributed by atoms with E-state index < -0.39 is 5.82 Å². The third-order valence-electron chi connectivity index (χ3n) is 2.07. The van der Waals surface area contributed by atoms with Gasteiger partial charge in [0.15, 0.2) is 0 Å². The first kappa shape index (κ1) is 13.6. The molecule has 0 bridgehead atoms. The third kappa shape index (κ3) is 3.15. The average molecular weight is 388 g/mol. The van der Waals surface area contributed by atoms with Crippen LogP contribution in [0.15, 0.2) is 27.3 Å². The van der Waals surface area contributed by atoms with E-state index in [9.17, 15) is 4.39 Å². The van der Waals surface area contributed by atoms with Crippen molar-refractivity contribution in [3.63, 3.8) is 0 Å². The van der Waals surface area contributed by atoms with Gasteiger partial charge in [0.1, 0.15) is 17.5 Å². The first-order valence-electron chi connectivity index (χ1n) is 4.87. The molecule has 1 aromatic heterocycles. The zero-order valence-electron chi connectivity index (χ0n) is 9.15. The van der Waals surface area contributed by atoms with Gasteiger partial charge in [-0.05, 0) is 33.3 Å². The second kappa shape index (κ2) is 5.90. The summed E-state index contributed by atoms with van der Waals surface area (Å²) in [4.78, 5) is 0. The predicted octanol–water partition coefficient (Wildman–Crippen LogP) is 2.84. The lowest BCUT2D eigenvalue weighted by atomic mass is 10.3. The van der Waals surface area contributed by atoms with Gasteiger partial charge in [0.2, 0.25) is 5.82 Å². The summed E-state index contributed by atoms with van der Waals surface area (Å²) in [6, 6.07) is 4.88. The molecule has 0 unspecified atom stereocenters. The molecule has 0 saturated carbocycles. The summed E-state index contributed by atoms with van der Waals surface area (Å²) < 4.78 is 14.8. The largest absolute Gasteiger partial charge is 0.357 e. The zero-order chi connectivity index (χ0) is 13.8. The minimum atomic E-state index is -0.470. The van der Waals surface area contributed by atoms with Crippen molar-refractivity contribution >= 4 is 43.1 Å². The van der Waals surface area contributed by atoms with Crippen LogP contribution in [0, 0.1) is 17.1 Å². The van der Waals surface area contributed by atoms with Gasteiger partial charge in [0, 0.05) is 15.1 Å². The summed E-state index contributed by atoms with van der Waals surface area (Å²) in [6.07, 6.45) is 1.31. The smallest absolute Gasteiger partial charge is 0.216 e. The van der Waals surface area contributed by atoms with E-state index in [4.69, 9.17) is 5.26 Å². The highest BCUT2D eigenvalue weighted by molar-refractivity contribution is 9.11. The fraction of sp³-hybridized carbons (Fsp3) is 0. The van der Waals surface area contributed by atoms with Crippen molar-refractivity contribution in [2.24, 2.45) is 0 Å². The molecule has 9 heteroatoms. The van der Waals surface area contributed by atoms with Crippen molar-refractivity contribution in [3.8, 4) is 6.07 Å². The molecule has 0 spiro atoms. The number of anilines is 1. The number of benzene rings is 1. The van der Waals surface area contributed by atoms with E-state index in [-0.39, 0.29) is 17.1 Å². The maximum absolute atomic E-state index is 13.7. The lowest BCUT2D eigenvalue weighted by molar-refractivity contribution is 0.630. The van der Waals surface area contributed by atoms with Crippen LogP contribution < -0.4 is 5.32 Å². The van der Waals surface area contributed by atoms with Crippen molar-refractivity contribution in [2.45, 2.75) is 0 Å². The number of hydrogen-bond donors (Lipinski definition) is 2. The first-order valence-corrected chi connectivity index (χ1v) is 6.45. The number of nitrogens with zero attached hydrogens (tertiary/aromatic N) is 4. The zero-order valence-corrected chi connectivity index (χ0v) is 12.3. The number of hydrogen-bond acceptors (Lipinski definition) is 5. The van der Waals surface area contributed by atoms with Gasteiger partial charge >= 0.3 is 0 Å². The number of nitrogens with one attached hydrogen (secondary N) is 2. The number of aromatic nitrogens is 4. The molecule has 0 aliphatic heterocycles. The van der Waals surface area contributed by atoms with Crippen LogP contribution in [0.5, 0.6) is 0 Å². The lowest BCUT2D eigenvalue weighted by Crippen LogP contribution is -1.96. The lowest BCUT2D eigenvalue weighted by Gasteiger charge is -2.06. The number of halogens is 3. The van der Waals surface area contributed by atoms with Gasteiger partial charge in [-0.2, -0.15) is 10.5 Å². The van der Waals surface area contributed by atoms with E-state index in [1.54, 1.807) is 6.07 Å². The van der Waals surface area contributed by atoms with Crippen LogP contribution in [-0.2, 0) is 0 Å². The first-order chi connectivity index (χ1) is 9.11. The minimum absolute atomic E-state index is 0.128. The summed E-state index contributed by atoms with van der Waals surface area (Å²) in [7, 11) is 0. The maximum Gasteiger partial charge on any atom is 0.216 e. The van der Waals surface area contributed by atoms with Gasteiger partial charge in [0.25, 0.3) is 0 Å². The second-order valence-electron chi connectivity index (χ2n) is 3.29. The number of aromatic amines is 1. The molecule has 0 atom stereocenters. The van der Waals surface area contributed by atoms with Crippen LogP contribution >= 0.6 is 31.9 Å². The summed E-state index contributed by atoms with van der Waals surface area (Å²) in [5.41, 5.74) is 0.336. The van der Waals surface area contributed by atoms with Gasteiger partial charge in [0.05, 0.1) is 5.69 Å². The SMILES string of the molecule is N#CC(=CNc1c(F)cc(Br)cc1Br)c1nn[nH]n1. The molecule has 0 fully saturated rings. The Morgan fingerprint density at radius 2 is 2.26 bits per heavy atom. The topological polar surface area (TPSA) is 90.3 Å². The van der Waals surface area contributed by atoms with Crippen LogP contribution in [-0.4, -0.2) is 20.6 Å². The molecular weight excluding hydrogens is 383 g/mol. The molecule has 2 N–H and O–H groups in total. The van der Waals surface area contributed by atoms with E-state index in [1.807, 2.05) is 6.07 Å². The van der Waals surface area contributed by atoms with Crippen molar-refractivity contribution < 1.29 is 4.39 Å². The van der Waals surface area contributed by atoms with Crippen molar-refractivity contribution in [1.29, 1.82) is 5.26 Å². The van der Waals surface area contributed by atoms with Gasteiger partial charge in [-0.15, -0.1) is 10.2 Å². The van der Waals surface area contributed by atoms with Crippen molar-refractivity contribution in [1.82, 2.24) is 20.6 Å². The van der Waals surface area contributed by atoms with E-state index in [0.717, 1.165) is 0 Å². The molecule has 19 heavy (non-hydrogen) atoms. The van der Waals surface area contributed by atoms with Gasteiger partial charge in [-0.3, -0.25) is 0 Å². The fourth-order valence-electron chi connectivity index (χ4n) is 1.25. The van der Waals surface area contributed by atoms with E-state index >= 15 is 0 Å². The monoisotopic (exact) mass is 386 g/mol. The molecule has 0 saturated heterocycles. The molecule has 2 rings (SSSR count). The van der Waals surface area contributed by atoms with Crippen LogP contribution in [0.1, 0.15) is 5.82 Å². The van der Waals surface area contributed by atoms with Crippen molar-refractivity contribution in [2.75, 3.05) is 5.32 Å². The van der Waals surface area contributed by atoms with E-state index in [0.29, 0.717) is 8.95 Å². The maximum atomic E-state index is 13.7. The molecular formula is C10H5Br2FN6. The second-order valence-corrected chi connectivity index (χ2v) is 5.06. The van der Waals surface area contributed by atoms with Crippen molar-refractivity contribution in [3.05, 3.63) is 38.9 Å². The molecule has 0 aliphatic carbocycles. The predicted molar refractivity (Wildman–Crippen MR) is 73.2 cm³/mol. The van der Waals surface area contributed by atoms with Gasteiger partial charge in [-0.25, -0.2) is 4.39 Å². The van der Waals surface area contributed by atoms with Gasteiger partial charge < -0.3 is 5.32 Å². The Bertz CT molecular complexity index is 638. The molecule has 1 heterocycles. The summed E-state index contributed by atoms with van der Waals surface area (Å²) in [5, 5.41) is 24.6. The quantitative estimate of drug-likeness (QED) is 0.790. The number of nitriles is 1. The number of tetrazole rings is 1. The Balaban J connectivity index is 2.30. The van der Waals surface area contributed by atoms with Gasteiger partial charge in [-0.1, -0.05) is 15.9 Å². The summed E-state index contributed by atoms with van der Waals surface area (Å²) >= 11 is 6.40. The molecule has 2 aromatic rings. The fourth-order valence-corrected chi connectivity index (χ4v) is 2.53. The van der Waals surface area contributed by atoms with E-state index in [2.05, 4.69) is 57.8 Å². The minimum Gasteiger partial charge on any atom is -0.357 e. The highest BCUT2D eigenvalue weighted by Gasteiger charge is 2.09. The number of allylic oxidation sites excluding steroid dienone is 1. The Kier molecular flexibility index (Phi) is 4.24. The van der Waals surface area contributed by atoms with Crippen LogP contribution in [0.4, 0.5) is 10.1 Å². The highest BCUT2D eigenvalue weighted by atomic mass is 79.9. The van der Waals surface area contributed by atoms with Crippen LogP contribution in [0.2, 0.25) is 0 Å².